The molecule has 11 heteroatoms. The van der Waals surface area contributed by atoms with Crippen LogP contribution in [0.4, 0.5) is 0 Å². The first-order valence-corrected chi connectivity index (χ1v) is 16.0. The number of rotatable bonds is 5. The number of aromatic amines is 2. The van der Waals surface area contributed by atoms with E-state index in [1.807, 2.05) is 20.8 Å². The number of fused-ring (bicyclic) bond motifs is 8. The predicted octanol–water partition coefficient (Wildman–Crippen LogP) is 5.98. The SMILES string of the molecule is CC[C@@]1(O)c2cc3[nH]c4c(c5nc(c(Br)c6[nH]c(cc(n2)[C@]1(C)O)c(C(C)=O)c6C)[C@@H](C)[C@@H]5CCC(=O)OC)CC(=O)c4c3C. The van der Waals surface area contributed by atoms with Crippen molar-refractivity contribution in [1.82, 2.24) is 19.9 Å². The van der Waals surface area contributed by atoms with Crippen molar-refractivity contribution >= 4 is 55.5 Å². The number of carbonyl (C=O) groups excluding carboxylic acids is 3. The Morgan fingerprint density at radius 2 is 1.73 bits per heavy atom. The summed E-state index contributed by atoms with van der Waals surface area (Å²) in [7, 11) is 1.36. The molecule has 3 aliphatic rings. The lowest BCUT2D eigenvalue weighted by atomic mass is 9.80. The number of H-pyrrole nitrogens is 2. The summed E-state index contributed by atoms with van der Waals surface area (Å²) in [5, 5.41) is 23.7. The van der Waals surface area contributed by atoms with Gasteiger partial charge in [0.1, 0.15) is 11.2 Å². The fourth-order valence-corrected chi connectivity index (χ4v) is 8.22. The second-order valence-electron chi connectivity index (χ2n) is 12.6. The van der Waals surface area contributed by atoms with Crippen LogP contribution >= 0.6 is 15.9 Å². The van der Waals surface area contributed by atoms with Crippen molar-refractivity contribution in [2.45, 2.75) is 90.3 Å². The number of aliphatic hydroxyl groups is 2. The van der Waals surface area contributed by atoms with E-state index in [-0.39, 0.29) is 60.0 Å². The fourth-order valence-electron chi connectivity index (χ4n) is 7.38. The van der Waals surface area contributed by atoms with Crippen LogP contribution in [0.2, 0.25) is 0 Å². The summed E-state index contributed by atoms with van der Waals surface area (Å²) in [5.74, 6) is -0.870. The third-order valence-corrected chi connectivity index (χ3v) is 11.0. The van der Waals surface area contributed by atoms with Crippen molar-refractivity contribution in [3.05, 3.63) is 67.2 Å². The molecule has 0 spiro atoms. The maximum Gasteiger partial charge on any atom is 0.305 e. The second kappa shape index (κ2) is 10.7. The van der Waals surface area contributed by atoms with Gasteiger partial charge in [-0.15, -0.1) is 0 Å². The molecule has 1 aliphatic carbocycles. The number of nitrogens with zero attached hydrogens (tertiary/aromatic N) is 2. The molecule has 3 aromatic heterocycles. The molecule has 3 aromatic rings. The quantitative estimate of drug-likeness (QED) is 0.190. The predicted molar refractivity (Wildman–Crippen MR) is 172 cm³/mol. The Morgan fingerprint density at radius 3 is 2.38 bits per heavy atom. The molecule has 8 bridgehead atoms. The number of ketones is 2. The van der Waals surface area contributed by atoms with Crippen LogP contribution in [0.5, 0.6) is 0 Å². The van der Waals surface area contributed by atoms with E-state index in [0.29, 0.717) is 55.2 Å². The molecule has 0 saturated carbocycles. The molecule has 0 unspecified atom stereocenters. The molecule has 6 rings (SSSR count). The van der Waals surface area contributed by atoms with Crippen LogP contribution in [-0.2, 0) is 27.2 Å². The molecule has 236 valence electrons. The number of halogens is 1. The minimum Gasteiger partial charge on any atom is -0.469 e. The number of hydrogen-bond acceptors (Lipinski definition) is 8. The Balaban J connectivity index is 1.81. The minimum absolute atomic E-state index is 0.0456. The molecular formula is C34H37BrN4O6. The number of methoxy groups -OCH3 is 1. The molecule has 45 heavy (non-hydrogen) atoms. The van der Waals surface area contributed by atoms with E-state index in [4.69, 9.17) is 14.7 Å². The van der Waals surface area contributed by atoms with E-state index in [1.54, 1.807) is 19.1 Å². The number of esters is 1. The lowest BCUT2D eigenvalue weighted by Gasteiger charge is -2.34. The van der Waals surface area contributed by atoms with Gasteiger partial charge in [-0.3, -0.25) is 24.4 Å². The van der Waals surface area contributed by atoms with Gasteiger partial charge in [-0.05, 0) is 79.7 Å². The van der Waals surface area contributed by atoms with Crippen molar-refractivity contribution in [3.63, 3.8) is 0 Å². The molecular weight excluding hydrogens is 640 g/mol. The number of aryl methyl sites for hydroxylation is 2. The average molecular weight is 678 g/mol. The van der Waals surface area contributed by atoms with Gasteiger partial charge in [0.25, 0.3) is 0 Å². The van der Waals surface area contributed by atoms with Gasteiger partial charge in [-0.25, -0.2) is 0 Å². The van der Waals surface area contributed by atoms with Crippen LogP contribution in [0.3, 0.4) is 0 Å². The van der Waals surface area contributed by atoms with Gasteiger partial charge in [0.05, 0.1) is 50.9 Å². The van der Waals surface area contributed by atoms with Gasteiger partial charge in [0.2, 0.25) is 0 Å². The van der Waals surface area contributed by atoms with E-state index in [2.05, 4.69) is 25.9 Å². The minimum atomic E-state index is -1.79. The van der Waals surface area contributed by atoms with E-state index in [1.165, 1.54) is 21.0 Å². The second-order valence-corrected chi connectivity index (χ2v) is 13.4. The summed E-state index contributed by atoms with van der Waals surface area (Å²) in [4.78, 5) is 55.5. The topological polar surface area (TPSA) is 158 Å². The molecule has 0 radical (unpaired) electrons. The van der Waals surface area contributed by atoms with E-state index in [0.717, 1.165) is 17.0 Å². The highest BCUT2D eigenvalue weighted by atomic mass is 79.9. The Hall–Kier alpha value is -3.67. The number of carbonyl (C=O) groups is 3. The Kier molecular flexibility index (Phi) is 7.45. The van der Waals surface area contributed by atoms with Gasteiger partial charge < -0.3 is 24.9 Å². The van der Waals surface area contributed by atoms with E-state index >= 15 is 0 Å². The van der Waals surface area contributed by atoms with Gasteiger partial charge in [-0.1, -0.05) is 13.8 Å². The zero-order chi connectivity index (χ0) is 32.7. The molecule has 4 atom stereocenters. The lowest BCUT2D eigenvalue weighted by molar-refractivity contribution is -0.148. The standard InChI is InChI=1S/C34H37BrN4O6/c1-8-34(44)24-12-20-15(3)27-22(41)11-19(32(27)36-20)31-18(9-10-25(42)45-7)14(2)29(39-31)28(35)30-16(4)26(17(5)40)21(37-30)13-23(38-24)33(34,6)43/h12-14,18,36-37,43-44H,8-11H2,1-7H3/t14-,18-,33-,34+/m0/s1. The molecule has 0 amide bonds. The smallest absolute Gasteiger partial charge is 0.305 e. The van der Waals surface area contributed by atoms with Crippen LogP contribution in [0.15, 0.2) is 16.6 Å². The highest BCUT2D eigenvalue weighted by Gasteiger charge is 2.53. The summed E-state index contributed by atoms with van der Waals surface area (Å²) in [6, 6.07) is 3.31. The zero-order valence-corrected chi connectivity index (χ0v) is 28.0. The molecule has 0 fully saturated rings. The van der Waals surface area contributed by atoms with Crippen LogP contribution in [0, 0.1) is 13.8 Å². The molecule has 5 heterocycles. The Morgan fingerprint density at radius 1 is 1.07 bits per heavy atom. The summed E-state index contributed by atoms with van der Waals surface area (Å²) >= 11 is 3.80. The van der Waals surface area contributed by atoms with Gasteiger partial charge >= 0.3 is 5.97 Å². The molecule has 0 aromatic carbocycles. The third-order valence-electron chi connectivity index (χ3n) is 10.1. The van der Waals surface area contributed by atoms with Crippen LogP contribution < -0.4 is 0 Å². The van der Waals surface area contributed by atoms with Gasteiger partial charge in [0.15, 0.2) is 11.6 Å². The Bertz CT molecular complexity index is 1990. The first-order valence-electron chi connectivity index (χ1n) is 15.2. The first kappa shape index (κ1) is 31.3. The van der Waals surface area contributed by atoms with Crippen molar-refractivity contribution in [1.29, 1.82) is 0 Å². The van der Waals surface area contributed by atoms with Crippen molar-refractivity contribution in [2.75, 3.05) is 7.11 Å². The lowest BCUT2D eigenvalue weighted by Crippen LogP contribution is -2.43. The number of aromatic nitrogens is 4. The number of nitrogens with one attached hydrogen (secondary N) is 2. The third kappa shape index (κ3) is 4.45. The molecule has 10 nitrogen and oxygen atoms in total. The molecule has 0 saturated heterocycles. The van der Waals surface area contributed by atoms with E-state index in [9.17, 15) is 24.6 Å². The van der Waals surface area contributed by atoms with Gasteiger partial charge in [-0.2, -0.15) is 0 Å². The summed E-state index contributed by atoms with van der Waals surface area (Å²) < 4.78 is 5.59. The summed E-state index contributed by atoms with van der Waals surface area (Å²) in [6.07, 6.45) is 0.979. The zero-order valence-electron chi connectivity index (χ0n) is 26.4. The highest BCUT2D eigenvalue weighted by molar-refractivity contribution is 9.10. The number of ether oxygens (including phenoxy) is 1. The normalized spacial score (nSPS) is 23.9. The monoisotopic (exact) mass is 676 g/mol. The van der Waals surface area contributed by atoms with Crippen molar-refractivity contribution in [2.24, 2.45) is 0 Å². The van der Waals surface area contributed by atoms with Gasteiger partial charge in [0, 0.05) is 46.9 Å². The largest absolute Gasteiger partial charge is 0.469 e. The van der Waals surface area contributed by atoms with Crippen LogP contribution in [0.25, 0.3) is 22.1 Å². The van der Waals surface area contributed by atoms with Crippen molar-refractivity contribution in [3.8, 4) is 0 Å². The highest BCUT2D eigenvalue weighted by Crippen LogP contribution is 2.48. The summed E-state index contributed by atoms with van der Waals surface area (Å²) in [6.45, 7) is 10.5. The maximum atomic E-state index is 13.5. The number of Topliss-reactive ketones (excluding diaryl/α,β-unsaturated/α-hetero) is 2. The summed E-state index contributed by atoms with van der Waals surface area (Å²) in [5.41, 5.74) is 3.89. The van der Waals surface area contributed by atoms with E-state index < -0.39 is 11.2 Å². The Labute approximate surface area is 268 Å². The molecule has 2 aliphatic heterocycles. The fraction of sp³-hybridized carbons (Fsp3) is 0.441. The molecule has 4 N–H and O–H groups in total. The maximum absolute atomic E-state index is 13.5. The first-order chi connectivity index (χ1) is 21.2. The van der Waals surface area contributed by atoms with Crippen molar-refractivity contribution < 1.29 is 29.3 Å². The number of hydrogen-bond donors (Lipinski definition) is 4. The van der Waals surface area contributed by atoms with Crippen LogP contribution in [0.1, 0.15) is 119 Å². The average Bonchev–Trinajstić information content (AvgIpc) is 3.73. The van der Waals surface area contributed by atoms with Crippen LogP contribution in [-0.4, -0.2) is 54.8 Å².